The number of nitrogens with zero attached hydrogens (tertiary/aromatic N) is 3. The zero-order valence-electron chi connectivity index (χ0n) is 11.9. The third-order valence-electron chi connectivity index (χ3n) is 2.80. The lowest BCUT2D eigenvalue weighted by molar-refractivity contribution is 0.199. The fourth-order valence-electron chi connectivity index (χ4n) is 1.78. The quantitative estimate of drug-likeness (QED) is 0.755. The molecule has 2 aromatic rings. The smallest absolute Gasteiger partial charge is 0.166 e. The van der Waals surface area contributed by atoms with Crippen LogP contribution in [0.1, 0.15) is 17.1 Å². The Kier molecular flexibility index (Phi) is 6.04. The van der Waals surface area contributed by atoms with E-state index in [0.29, 0.717) is 0 Å². The Hall–Kier alpha value is -1.37. The van der Waals surface area contributed by atoms with Crippen molar-refractivity contribution in [3.8, 4) is 10.7 Å². The molecule has 0 unspecified atom stereocenters. The number of methoxy groups -OCH3 is 1. The maximum Gasteiger partial charge on any atom is 0.166 e. The summed E-state index contributed by atoms with van der Waals surface area (Å²) in [6, 6.07) is 5.96. The Morgan fingerprint density at radius 1 is 1.25 bits per heavy atom. The van der Waals surface area contributed by atoms with Crippen LogP contribution in [0.2, 0.25) is 0 Å². The van der Waals surface area contributed by atoms with E-state index in [1.54, 1.807) is 18.4 Å². The number of pyridine rings is 1. The zero-order chi connectivity index (χ0) is 14.2. The largest absolute Gasteiger partial charge is 0.383 e. The molecule has 0 saturated heterocycles. The van der Waals surface area contributed by atoms with Crippen molar-refractivity contribution in [2.45, 2.75) is 19.8 Å². The molecule has 0 radical (unpaired) electrons. The Morgan fingerprint density at radius 2 is 2.15 bits per heavy atom. The summed E-state index contributed by atoms with van der Waals surface area (Å²) in [6.07, 6.45) is 2.00. The first-order valence-corrected chi connectivity index (χ1v) is 7.57. The van der Waals surface area contributed by atoms with Crippen molar-refractivity contribution in [1.29, 1.82) is 0 Å². The number of hydrogen-bond acceptors (Lipinski definition) is 6. The van der Waals surface area contributed by atoms with Crippen LogP contribution in [0.25, 0.3) is 10.7 Å². The van der Waals surface area contributed by atoms with Gasteiger partial charge in [-0.15, -0.1) is 10.2 Å². The lowest BCUT2D eigenvalue weighted by Gasteiger charge is -2.01. The molecule has 0 aliphatic heterocycles. The molecule has 6 heteroatoms. The monoisotopic (exact) mass is 292 g/mol. The third-order valence-corrected chi connectivity index (χ3v) is 3.81. The van der Waals surface area contributed by atoms with Crippen molar-refractivity contribution in [1.82, 2.24) is 20.5 Å². The van der Waals surface area contributed by atoms with E-state index < -0.39 is 0 Å². The maximum atomic E-state index is 4.98. The first kappa shape index (κ1) is 15.0. The van der Waals surface area contributed by atoms with E-state index >= 15 is 0 Å². The van der Waals surface area contributed by atoms with Gasteiger partial charge in [0, 0.05) is 25.8 Å². The van der Waals surface area contributed by atoms with Gasteiger partial charge in [0.1, 0.15) is 10.7 Å². The van der Waals surface area contributed by atoms with Gasteiger partial charge in [0.2, 0.25) is 0 Å². The van der Waals surface area contributed by atoms with E-state index in [-0.39, 0.29) is 0 Å². The highest BCUT2D eigenvalue weighted by molar-refractivity contribution is 7.14. The second-order valence-electron chi connectivity index (χ2n) is 4.51. The second-order valence-corrected chi connectivity index (χ2v) is 5.57. The van der Waals surface area contributed by atoms with Crippen molar-refractivity contribution in [3.63, 3.8) is 0 Å². The van der Waals surface area contributed by atoms with Crippen LogP contribution in [-0.2, 0) is 11.2 Å². The maximum absolute atomic E-state index is 4.98. The molecule has 0 aliphatic carbocycles. The average Bonchev–Trinajstić information content (AvgIpc) is 2.91. The Balaban J connectivity index is 1.80. The number of aryl methyl sites for hydroxylation is 2. The summed E-state index contributed by atoms with van der Waals surface area (Å²) >= 11 is 1.63. The summed E-state index contributed by atoms with van der Waals surface area (Å²) in [7, 11) is 1.71. The van der Waals surface area contributed by atoms with E-state index in [1.807, 2.05) is 25.1 Å². The van der Waals surface area contributed by atoms with Gasteiger partial charge in [-0.25, -0.2) is 0 Å². The van der Waals surface area contributed by atoms with Gasteiger partial charge in [0.05, 0.1) is 6.61 Å². The molecular formula is C14H20N4OS. The average molecular weight is 292 g/mol. The van der Waals surface area contributed by atoms with Crippen molar-refractivity contribution >= 4 is 11.3 Å². The molecule has 0 bridgehead atoms. The standard InChI is InChI=1S/C14H20N4OS/c1-11-5-3-6-12(16-11)14-18-17-13(20-14)7-4-8-15-9-10-19-2/h3,5-6,15H,4,7-10H2,1-2H3. The van der Waals surface area contributed by atoms with Crippen molar-refractivity contribution in [2.75, 3.05) is 26.8 Å². The van der Waals surface area contributed by atoms with Gasteiger partial charge in [0.15, 0.2) is 5.01 Å². The molecule has 0 fully saturated rings. The van der Waals surface area contributed by atoms with Gasteiger partial charge in [-0.2, -0.15) is 0 Å². The summed E-state index contributed by atoms with van der Waals surface area (Å²) < 4.78 is 4.98. The highest BCUT2D eigenvalue weighted by Gasteiger charge is 2.07. The fourth-order valence-corrected chi connectivity index (χ4v) is 2.64. The molecule has 0 aliphatic rings. The van der Waals surface area contributed by atoms with Crippen LogP contribution in [0, 0.1) is 6.92 Å². The molecule has 0 aromatic carbocycles. The molecule has 2 heterocycles. The minimum atomic E-state index is 0.752. The highest BCUT2D eigenvalue weighted by Crippen LogP contribution is 2.22. The van der Waals surface area contributed by atoms with Crippen LogP contribution in [0.4, 0.5) is 0 Å². The predicted octanol–water partition coefficient (Wildman–Crippen LogP) is 2.08. The van der Waals surface area contributed by atoms with Gasteiger partial charge >= 0.3 is 0 Å². The third kappa shape index (κ3) is 4.63. The molecule has 5 nitrogen and oxygen atoms in total. The minimum Gasteiger partial charge on any atom is -0.383 e. The molecule has 20 heavy (non-hydrogen) atoms. The summed E-state index contributed by atoms with van der Waals surface area (Å²) in [6.45, 7) is 4.60. The van der Waals surface area contributed by atoms with Crippen LogP contribution in [0.15, 0.2) is 18.2 Å². The van der Waals surface area contributed by atoms with Crippen molar-refractivity contribution in [2.24, 2.45) is 0 Å². The minimum absolute atomic E-state index is 0.752. The van der Waals surface area contributed by atoms with Crippen molar-refractivity contribution < 1.29 is 4.74 Å². The SMILES string of the molecule is COCCNCCCc1nnc(-c2cccc(C)n2)s1. The van der Waals surface area contributed by atoms with Gasteiger partial charge < -0.3 is 10.1 Å². The summed E-state index contributed by atoms with van der Waals surface area (Å²) in [5, 5.41) is 13.7. The zero-order valence-corrected chi connectivity index (χ0v) is 12.7. The summed E-state index contributed by atoms with van der Waals surface area (Å²) in [5.41, 5.74) is 1.91. The number of hydrogen-bond donors (Lipinski definition) is 1. The molecule has 0 saturated carbocycles. The number of ether oxygens (including phenoxy) is 1. The van der Waals surface area contributed by atoms with Gasteiger partial charge in [-0.3, -0.25) is 4.98 Å². The van der Waals surface area contributed by atoms with Crippen LogP contribution < -0.4 is 5.32 Å². The predicted molar refractivity (Wildman–Crippen MR) is 80.9 cm³/mol. The molecule has 0 amide bonds. The summed E-state index contributed by atoms with van der Waals surface area (Å²) in [5.74, 6) is 0. The lowest BCUT2D eigenvalue weighted by atomic mass is 10.3. The molecule has 1 N–H and O–H groups in total. The molecule has 0 spiro atoms. The van der Waals surface area contributed by atoms with Gasteiger partial charge in [-0.05, 0) is 32.0 Å². The lowest BCUT2D eigenvalue weighted by Crippen LogP contribution is -2.20. The number of nitrogens with one attached hydrogen (secondary N) is 1. The fraction of sp³-hybridized carbons (Fsp3) is 0.500. The van der Waals surface area contributed by atoms with E-state index in [2.05, 4.69) is 20.5 Å². The Labute approximate surface area is 123 Å². The number of aromatic nitrogens is 3. The molecule has 2 rings (SSSR count). The normalized spacial score (nSPS) is 10.9. The van der Waals surface area contributed by atoms with Gasteiger partial charge in [0.25, 0.3) is 0 Å². The number of rotatable bonds is 8. The first-order valence-electron chi connectivity index (χ1n) is 6.75. The first-order chi connectivity index (χ1) is 9.79. The van der Waals surface area contributed by atoms with Crippen LogP contribution in [0.5, 0.6) is 0 Å². The summed E-state index contributed by atoms with van der Waals surface area (Å²) in [4.78, 5) is 4.47. The van der Waals surface area contributed by atoms with Crippen molar-refractivity contribution in [3.05, 3.63) is 28.9 Å². The topological polar surface area (TPSA) is 59.9 Å². The van der Waals surface area contributed by atoms with Crippen LogP contribution >= 0.6 is 11.3 Å². The van der Waals surface area contributed by atoms with Gasteiger partial charge in [-0.1, -0.05) is 17.4 Å². The van der Waals surface area contributed by atoms with Crippen LogP contribution in [0.3, 0.4) is 0 Å². The molecular weight excluding hydrogens is 272 g/mol. The van der Waals surface area contributed by atoms with E-state index in [4.69, 9.17) is 4.74 Å². The molecule has 108 valence electrons. The molecule has 0 atom stereocenters. The van der Waals surface area contributed by atoms with Crippen LogP contribution in [-0.4, -0.2) is 42.0 Å². The second kappa shape index (κ2) is 8.04. The van der Waals surface area contributed by atoms with E-state index in [1.165, 1.54) is 0 Å². The van der Waals surface area contributed by atoms with E-state index in [9.17, 15) is 0 Å². The Bertz CT molecular complexity index is 529. The van der Waals surface area contributed by atoms with E-state index in [0.717, 1.165) is 53.9 Å². The molecule has 2 aromatic heterocycles. The Morgan fingerprint density at radius 3 is 2.95 bits per heavy atom. The highest BCUT2D eigenvalue weighted by atomic mass is 32.1.